The van der Waals surface area contributed by atoms with Crippen LogP contribution in [0.4, 0.5) is 0 Å². The van der Waals surface area contributed by atoms with E-state index in [9.17, 15) is 0 Å². The zero-order valence-electron chi connectivity index (χ0n) is 27.7. The van der Waals surface area contributed by atoms with Crippen LogP contribution in [0.3, 0.4) is 0 Å². The largest absolute Gasteiger partial charge is 0.0625 e. The molecule has 0 bridgehead atoms. The van der Waals surface area contributed by atoms with E-state index in [-0.39, 0.29) is 0 Å². The van der Waals surface area contributed by atoms with Crippen molar-refractivity contribution >= 4 is 0 Å². The van der Waals surface area contributed by atoms with Gasteiger partial charge in [0.25, 0.3) is 0 Å². The standard InChI is InChI=1S/C38H74/c1-33-21-11-8-7-9-12-25-36(28-16-18-30-38(5,6)32-19-23-33)35-26-13-10-17-29-37(3,4)31-20-24-34(2)22-14-15-27-35/h33-36H,7-32H2,1-6H3. The molecule has 0 amide bonds. The number of hydrogen-bond donors (Lipinski definition) is 0. The molecule has 38 heavy (non-hydrogen) atoms. The first-order valence-corrected chi connectivity index (χ1v) is 18.2. The van der Waals surface area contributed by atoms with Crippen molar-refractivity contribution in [2.75, 3.05) is 0 Å². The molecule has 0 aromatic carbocycles. The lowest BCUT2D eigenvalue weighted by Crippen LogP contribution is -2.17. The van der Waals surface area contributed by atoms with Gasteiger partial charge in [0.15, 0.2) is 0 Å². The minimum Gasteiger partial charge on any atom is -0.0625 e. The maximum absolute atomic E-state index is 2.56. The summed E-state index contributed by atoms with van der Waals surface area (Å²) in [5.41, 5.74) is 1.11. The van der Waals surface area contributed by atoms with Crippen LogP contribution in [-0.2, 0) is 0 Å². The van der Waals surface area contributed by atoms with Gasteiger partial charge in [0.1, 0.15) is 0 Å². The van der Waals surface area contributed by atoms with Gasteiger partial charge in [0.2, 0.25) is 0 Å². The van der Waals surface area contributed by atoms with Gasteiger partial charge >= 0.3 is 0 Å². The van der Waals surface area contributed by atoms with Gasteiger partial charge in [-0.05, 0) is 60.2 Å². The Balaban J connectivity index is 1.98. The lowest BCUT2D eigenvalue weighted by Gasteiger charge is -2.29. The quantitative estimate of drug-likeness (QED) is 0.316. The van der Waals surface area contributed by atoms with Crippen molar-refractivity contribution in [3.63, 3.8) is 0 Å². The van der Waals surface area contributed by atoms with Crippen molar-refractivity contribution < 1.29 is 0 Å². The van der Waals surface area contributed by atoms with E-state index in [1.54, 1.807) is 0 Å². The van der Waals surface area contributed by atoms with Crippen LogP contribution in [0.5, 0.6) is 0 Å². The van der Waals surface area contributed by atoms with Crippen LogP contribution in [0.15, 0.2) is 0 Å². The minimum absolute atomic E-state index is 0.552. The minimum atomic E-state index is 0.552. The maximum atomic E-state index is 2.56. The van der Waals surface area contributed by atoms with Gasteiger partial charge in [-0.1, -0.05) is 183 Å². The molecule has 0 N–H and O–H groups in total. The highest BCUT2D eigenvalue weighted by Gasteiger charge is 2.23. The monoisotopic (exact) mass is 531 g/mol. The molecule has 0 spiro atoms. The predicted octanol–water partition coefficient (Wildman–Crippen LogP) is 13.7. The van der Waals surface area contributed by atoms with E-state index in [0.29, 0.717) is 10.8 Å². The summed E-state index contributed by atoms with van der Waals surface area (Å²) in [6.07, 6.45) is 38.6. The van der Waals surface area contributed by atoms with Gasteiger partial charge in [-0.25, -0.2) is 0 Å². The lowest BCUT2D eigenvalue weighted by molar-refractivity contribution is 0.225. The predicted molar refractivity (Wildman–Crippen MR) is 173 cm³/mol. The van der Waals surface area contributed by atoms with E-state index in [2.05, 4.69) is 41.5 Å². The molecule has 2 rings (SSSR count). The molecule has 2 saturated carbocycles. The zero-order chi connectivity index (χ0) is 27.7. The SMILES string of the molecule is CC1CCCCC(C2CCCCCCCC(C)CCCC(C)(C)CCCC2)CCCCCC(C)(C)CCC1. The van der Waals surface area contributed by atoms with Gasteiger partial charge in [0.05, 0.1) is 0 Å². The fourth-order valence-corrected chi connectivity index (χ4v) is 8.15. The fourth-order valence-electron chi connectivity index (χ4n) is 8.15. The molecule has 4 unspecified atom stereocenters. The summed E-state index contributed by atoms with van der Waals surface area (Å²) >= 11 is 0. The molecular weight excluding hydrogens is 456 g/mol. The zero-order valence-corrected chi connectivity index (χ0v) is 27.7. The number of rotatable bonds is 1. The first kappa shape index (κ1) is 34.2. The molecule has 0 heterocycles. The van der Waals surface area contributed by atoms with E-state index in [4.69, 9.17) is 0 Å². The van der Waals surface area contributed by atoms with Crippen LogP contribution < -0.4 is 0 Å². The van der Waals surface area contributed by atoms with Crippen molar-refractivity contribution in [2.24, 2.45) is 34.5 Å². The average molecular weight is 531 g/mol. The molecule has 0 saturated heterocycles. The van der Waals surface area contributed by atoms with Crippen molar-refractivity contribution in [2.45, 2.75) is 208 Å². The highest BCUT2D eigenvalue weighted by molar-refractivity contribution is 4.76. The topological polar surface area (TPSA) is 0 Å². The lowest BCUT2D eigenvalue weighted by atomic mass is 9.76. The second-order valence-corrected chi connectivity index (χ2v) is 16.3. The van der Waals surface area contributed by atoms with Gasteiger partial charge in [0, 0.05) is 0 Å². The third-order valence-electron chi connectivity index (χ3n) is 11.2. The van der Waals surface area contributed by atoms with Gasteiger partial charge < -0.3 is 0 Å². The Kier molecular flexibility index (Phi) is 17.3. The molecule has 0 aliphatic heterocycles. The molecule has 226 valence electrons. The molecule has 0 radical (unpaired) electrons. The second kappa shape index (κ2) is 19.2. The van der Waals surface area contributed by atoms with E-state index in [1.807, 2.05) is 0 Å². The molecule has 2 aliphatic carbocycles. The summed E-state index contributed by atoms with van der Waals surface area (Å²) in [5.74, 6) is 3.91. The molecule has 4 atom stereocenters. The van der Waals surface area contributed by atoms with E-state index in [1.165, 1.54) is 167 Å². The summed E-state index contributed by atoms with van der Waals surface area (Å²) in [7, 11) is 0. The Morgan fingerprint density at radius 2 is 0.579 bits per heavy atom. The molecule has 0 heteroatoms. The molecule has 2 fully saturated rings. The summed E-state index contributed by atoms with van der Waals surface area (Å²) < 4.78 is 0. The summed E-state index contributed by atoms with van der Waals surface area (Å²) in [6, 6.07) is 0. The van der Waals surface area contributed by atoms with Crippen LogP contribution in [0.1, 0.15) is 208 Å². The van der Waals surface area contributed by atoms with Gasteiger partial charge in [-0.2, -0.15) is 0 Å². The summed E-state index contributed by atoms with van der Waals surface area (Å²) in [4.78, 5) is 0. The molecule has 0 aromatic rings. The van der Waals surface area contributed by atoms with E-state index in [0.717, 1.165) is 23.7 Å². The Hall–Kier alpha value is 0. The molecule has 0 aromatic heterocycles. The third kappa shape index (κ3) is 16.3. The smallest absolute Gasteiger partial charge is 0.0354 e. The second-order valence-electron chi connectivity index (χ2n) is 16.3. The maximum Gasteiger partial charge on any atom is -0.0354 e. The highest BCUT2D eigenvalue weighted by atomic mass is 14.3. The van der Waals surface area contributed by atoms with Crippen LogP contribution in [0, 0.1) is 34.5 Å². The first-order valence-electron chi connectivity index (χ1n) is 18.2. The Labute approximate surface area is 242 Å². The average Bonchev–Trinajstić information content (AvgIpc) is 2.85. The van der Waals surface area contributed by atoms with Gasteiger partial charge in [-0.3, -0.25) is 0 Å². The van der Waals surface area contributed by atoms with Crippen LogP contribution in [0.25, 0.3) is 0 Å². The third-order valence-corrected chi connectivity index (χ3v) is 11.2. The number of hydrogen-bond acceptors (Lipinski definition) is 0. The van der Waals surface area contributed by atoms with Gasteiger partial charge in [-0.15, -0.1) is 0 Å². The van der Waals surface area contributed by atoms with Crippen LogP contribution in [-0.4, -0.2) is 0 Å². The van der Waals surface area contributed by atoms with Crippen molar-refractivity contribution in [3.8, 4) is 0 Å². The van der Waals surface area contributed by atoms with Crippen molar-refractivity contribution in [1.29, 1.82) is 0 Å². The molecule has 2 aliphatic rings. The van der Waals surface area contributed by atoms with E-state index >= 15 is 0 Å². The van der Waals surface area contributed by atoms with Crippen LogP contribution >= 0.6 is 0 Å². The molecule has 0 nitrogen and oxygen atoms in total. The van der Waals surface area contributed by atoms with E-state index < -0.39 is 0 Å². The highest BCUT2D eigenvalue weighted by Crippen LogP contribution is 2.37. The summed E-state index contributed by atoms with van der Waals surface area (Å²) in [5, 5.41) is 0. The Bertz CT molecular complexity index is 556. The Morgan fingerprint density at radius 3 is 1.08 bits per heavy atom. The van der Waals surface area contributed by atoms with Crippen molar-refractivity contribution in [1.82, 2.24) is 0 Å². The normalized spacial score (nSPS) is 33.3. The Morgan fingerprint density at radius 1 is 0.316 bits per heavy atom. The van der Waals surface area contributed by atoms with Crippen LogP contribution in [0.2, 0.25) is 0 Å². The summed E-state index contributed by atoms with van der Waals surface area (Å²) in [6.45, 7) is 15.3. The first-order chi connectivity index (χ1) is 18.2. The molecular formula is C38H74. The van der Waals surface area contributed by atoms with Crippen molar-refractivity contribution in [3.05, 3.63) is 0 Å². The fraction of sp³-hybridized carbons (Fsp3) is 1.00.